The van der Waals surface area contributed by atoms with Gasteiger partial charge in [0.1, 0.15) is 34.0 Å². The predicted octanol–water partition coefficient (Wildman–Crippen LogP) is 13.1. The van der Waals surface area contributed by atoms with Crippen molar-refractivity contribution in [2.45, 2.75) is 6.17 Å². The lowest BCUT2D eigenvalue weighted by molar-refractivity contribution is 0.668. The molecule has 0 bridgehead atoms. The SMILES string of the molecule is c1ccc(C2=NC(c3cccc4oc5c(-c6cc7c8ccccc8oc7c7ccccc67)cccc5c34)N=C(c3ccc4c(ccc5ccccc54)c3)N2)cc1. The van der Waals surface area contributed by atoms with Crippen LogP contribution in [-0.2, 0) is 0 Å². The highest BCUT2D eigenvalue weighted by atomic mass is 16.3. The topological polar surface area (TPSA) is 63.0 Å². The first kappa shape index (κ1) is 30.9. The highest BCUT2D eigenvalue weighted by Gasteiger charge is 2.25. The first-order chi connectivity index (χ1) is 27.7. The first-order valence-corrected chi connectivity index (χ1v) is 18.9. The van der Waals surface area contributed by atoms with Gasteiger partial charge in [0.15, 0.2) is 6.17 Å². The van der Waals surface area contributed by atoms with Crippen LogP contribution in [0.3, 0.4) is 0 Å². The molecule has 1 N–H and O–H groups in total. The van der Waals surface area contributed by atoms with Crippen molar-refractivity contribution < 1.29 is 8.83 Å². The minimum absolute atomic E-state index is 0.517. The molecule has 0 spiro atoms. The highest BCUT2D eigenvalue weighted by Crippen LogP contribution is 2.45. The van der Waals surface area contributed by atoms with Gasteiger partial charge in [-0.05, 0) is 56.8 Å². The zero-order chi connectivity index (χ0) is 36.7. The number of para-hydroxylation sites is 2. The fraction of sp³-hybridized carbons (Fsp3) is 0.0196. The molecule has 5 heteroatoms. The van der Waals surface area contributed by atoms with Crippen LogP contribution in [0.15, 0.2) is 195 Å². The highest BCUT2D eigenvalue weighted by molar-refractivity contribution is 6.22. The van der Waals surface area contributed by atoms with Crippen molar-refractivity contribution in [3.63, 3.8) is 0 Å². The van der Waals surface area contributed by atoms with Crippen LogP contribution in [0.2, 0.25) is 0 Å². The number of nitrogens with one attached hydrogen (secondary N) is 1. The Morgan fingerprint density at radius 1 is 0.393 bits per heavy atom. The predicted molar refractivity (Wildman–Crippen MR) is 231 cm³/mol. The van der Waals surface area contributed by atoms with E-state index >= 15 is 0 Å². The molecule has 2 aromatic heterocycles. The lowest BCUT2D eigenvalue weighted by Gasteiger charge is -2.23. The Labute approximate surface area is 320 Å². The van der Waals surface area contributed by atoms with Crippen molar-refractivity contribution in [3.05, 3.63) is 193 Å². The number of hydrogen-bond donors (Lipinski definition) is 1. The van der Waals surface area contributed by atoms with E-state index in [1.807, 2.05) is 30.3 Å². The van der Waals surface area contributed by atoms with Crippen LogP contribution in [0, 0.1) is 0 Å². The summed E-state index contributed by atoms with van der Waals surface area (Å²) >= 11 is 0. The minimum Gasteiger partial charge on any atom is -0.455 e. The largest absolute Gasteiger partial charge is 0.455 e. The van der Waals surface area contributed by atoms with Gasteiger partial charge in [-0.15, -0.1) is 0 Å². The standard InChI is InChI=1S/C51H31N3O2/c1-2-13-31(14-3-1)49-52-50(33-26-27-35-32(28-33)25-24-30-12-4-5-15-34(30)35)54-51(53-49)41-21-11-23-45-46(41)40-20-10-19-39(47(40)56-45)42-29-43-37-17-8-9-22-44(37)55-48(43)38-18-7-6-16-36(38)42/h1-29,51H,(H,52,53,54). The van der Waals surface area contributed by atoms with Gasteiger partial charge in [-0.25, -0.2) is 9.98 Å². The third-order valence-electron chi connectivity index (χ3n) is 11.3. The molecule has 12 rings (SSSR count). The summed E-state index contributed by atoms with van der Waals surface area (Å²) in [6, 6.07) is 61.5. The Hall–Kier alpha value is -7.50. The zero-order valence-electron chi connectivity index (χ0n) is 30.0. The minimum atomic E-state index is -0.517. The van der Waals surface area contributed by atoms with Crippen LogP contribution in [0.25, 0.3) is 87.3 Å². The Morgan fingerprint density at radius 2 is 1.05 bits per heavy atom. The number of rotatable bonds is 4. The molecule has 5 nitrogen and oxygen atoms in total. The van der Waals surface area contributed by atoms with E-state index in [1.54, 1.807) is 0 Å². The zero-order valence-corrected chi connectivity index (χ0v) is 30.0. The number of amidine groups is 2. The Kier molecular flexibility index (Phi) is 6.63. The normalized spacial score (nSPS) is 14.6. The summed E-state index contributed by atoms with van der Waals surface area (Å²) in [6.45, 7) is 0. The summed E-state index contributed by atoms with van der Waals surface area (Å²) in [5, 5.41) is 14.9. The van der Waals surface area contributed by atoms with Gasteiger partial charge >= 0.3 is 0 Å². The van der Waals surface area contributed by atoms with E-state index in [-0.39, 0.29) is 0 Å². The van der Waals surface area contributed by atoms with Crippen molar-refractivity contribution >= 4 is 87.9 Å². The van der Waals surface area contributed by atoms with Gasteiger partial charge in [0.05, 0.1) is 0 Å². The van der Waals surface area contributed by atoms with Crippen molar-refractivity contribution in [1.29, 1.82) is 0 Å². The van der Waals surface area contributed by atoms with Crippen LogP contribution >= 0.6 is 0 Å². The van der Waals surface area contributed by atoms with Gasteiger partial charge in [0.2, 0.25) is 0 Å². The van der Waals surface area contributed by atoms with E-state index in [9.17, 15) is 0 Å². The fourth-order valence-corrected chi connectivity index (χ4v) is 8.71. The molecule has 1 aliphatic heterocycles. The molecule has 0 amide bonds. The van der Waals surface area contributed by atoms with E-state index in [2.05, 4.69) is 151 Å². The number of benzene rings is 9. The van der Waals surface area contributed by atoms with Gasteiger partial charge in [-0.2, -0.15) is 0 Å². The Bertz CT molecular complexity index is 3460. The maximum atomic E-state index is 6.87. The Balaban J connectivity index is 1.06. The van der Waals surface area contributed by atoms with Crippen LogP contribution in [0.5, 0.6) is 0 Å². The molecule has 0 fully saturated rings. The average Bonchev–Trinajstić information content (AvgIpc) is 3.85. The lowest BCUT2D eigenvalue weighted by atomic mass is 9.93. The third kappa shape index (κ3) is 4.67. The molecule has 0 saturated carbocycles. The van der Waals surface area contributed by atoms with Gasteiger partial charge < -0.3 is 14.2 Å². The first-order valence-electron chi connectivity index (χ1n) is 18.9. The molecular formula is C51H31N3O2. The smallest absolute Gasteiger partial charge is 0.170 e. The molecule has 262 valence electrons. The number of hydrogen-bond acceptors (Lipinski definition) is 5. The van der Waals surface area contributed by atoms with E-state index in [1.165, 1.54) is 16.2 Å². The van der Waals surface area contributed by atoms with Crippen molar-refractivity contribution in [2.24, 2.45) is 9.98 Å². The molecule has 11 aromatic rings. The second-order valence-electron chi connectivity index (χ2n) is 14.5. The van der Waals surface area contributed by atoms with E-state index in [4.69, 9.17) is 18.8 Å². The quantitative estimate of drug-likeness (QED) is 0.184. The summed E-state index contributed by atoms with van der Waals surface area (Å²) in [4.78, 5) is 10.6. The summed E-state index contributed by atoms with van der Waals surface area (Å²) in [5.74, 6) is 1.55. The molecular weight excluding hydrogens is 687 g/mol. The van der Waals surface area contributed by atoms with Crippen molar-refractivity contribution in [3.8, 4) is 11.1 Å². The molecule has 1 unspecified atom stereocenters. The van der Waals surface area contributed by atoms with Crippen LogP contribution in [-0.4, -0.2) is 11.7 Å². The molecule has 0 radical (unpaired) electrons. The molecule has 56 heavy (non-hydrogen) atoms. The molecule has 9 aromatic carbocycles. The lowest BCUT2D eigenvalue weighted by Crippen LogP contribution is -2.36. The maximum Gasteiger partial charge on any atom is 0.170 e. The second-order valence-corrected chi connectivity index (χ2v) is 14.5. The van der Waals surface area contributed by atoms with Crippen LogP contribution in [0.1, 0.15) is 22.9 Å². The van der Waals surface area contributed by atoms with Crippen molar-refractivity contribution in [1.82, 2.24) is 5.32 Å². The van der Waals surface area contributed by atoms with Gasteiger partial charge in [0, 0.05) is 49.2 Å². The summed E-state index contributed by atoms with van der Waals surface area (Å²) < 4.78 is 13.3. The molecule has 1 aliphatic rings. The summed E-state index contributed by atoms with van der Waals surface area (Å²) in [5.41, 5.74) is 8.52. The second kappa shape index (κ2) is 12.0. The van der Waals surface area contributed by atoms with Crippen LogP contribution in [0.4, 0.5) is 0 Å². The molecule has 0 aliphatic carbocycles. The molecule has 1 atom stereocenters. The number of aliphatic imine (C=N–C) groups is 2. The van der Waals surface area contributed by atoms with Gasteiger partial charge in [-0.3, -0.25) is 0 Å². The number of nitrogens with zero attached hydrogens (tertiary/aromatic N) is 2. The number of furan rings is 2. The van der Waals surface area contributed by atoms with Crippen molar-refractivity contribution in [2.75, 3.05) is 0 Å². The Morgan fingerprint density at radius 3 is 1.95 bits per heavy atom. The third-order valence-corrected chi connectivity index (χ3v) is 11.3. The summed E-state index contributed by atoms with van der Waals surface area (Å²) in [6.07, 6.45) is -0.517. The summed E-state index contributed by atoms with van der Waals surface area (Å²) in [7, 11) is 0. The van der Waals surface area contributed by atoms with Crippen LogP contribution < -0.4 is 5.32 Å². The monoisotopic (exact) mass is 717 g/mol. The fourth-order valence-electron chi connectivity index (χ4n) is 8.71. The van der Waals surface area contributed by atoms with Gasteiger partial charge in [-0.1, -0.05) is 152 Å². The average molecular weight is 718 g/mol. The number of fused-ring (bicyclic) bond motifs is 11. The molecule has 3 heterocycles. The maximum absolute atomic E-state index is 6.87. The van der Waals surface area contributed by atoms with E-state index < -0.39 is 6.17 Å². The molecule has 0 saturated heterocycles. The van der Waals surface area contributed by atoms with E-state index in [0.29, 0.717) is 0 Å². The van der Waals surface area contributed by atoms with E-state index in [0.717, 1.165) is 99.5 Å². The van der Waals surface area contributed by atoms with Gasteiger partial charge in [0.25, 0.3) is 0 Å².